The molecule has 0 spiro atoms. The Morgan fingerprint density at radius 1 is 1.32 bits per heavy atom. The number of nitrogens with zero attached hydrogens (tertiary/aromatic N) is 2. The smallest absolute Gasteiger partial charge is 0.263 e. The van der Waals surface area contributed by atoms with E-state index in [1.54, 1.807) is 43.1 Å². The van der Waals surface area contributed by atoms with Crippen molar-refractivity contribution in [1.29, 1.82) is 5.26 Å². The number of likely N-dealkylation sites (N-methyl/N-ethyl adjacent to an activating group) is 1. The molecule has 102 valence electrons. The molecule has 1 aromatic rings. The zero-order valence-corrected chi connectivity index (χ0v) is 11.9. The lowest BCUT2D eigenvalue weighted by atomic mass is 10.2. The number of carbonyl (C=O) groups is 1. The molecule has 0 N–H and O–H groups in total. The molecule has 0 radical (unpaired) electrons. The second kappa shape index (κ2) is 6.79. The summed E-state index contributed by atoms with van der Waals surface area (Å²) in [7, 11) is 1.78. The van der Waals surface area contributed by atoms with Gasteiger partial charge in [0.2, 0.25) is 0 Å². The Hall–Kier alpha value is -2.02. The van der Waals surface area contributed by atoms with Gasteiger partial charge in [-0.2, -0.15) is 5.26 Å². The third-order valence-corrected chi connectivity index (χ3v) is 2.66. The normalized spacial score (nSPS) is 11.8. The summed E-state index contributed by atoms with van der Waals surface area (Å²) in [5, 5.41) is 8.70. The maximum absolute atomic E-state index is 12.1. The van der Waals surface area contributed by atoms with E-state index < -0.39 is 6.10 Å². The minimum Gasteiger partial charge on any atom is -0.481 e. The first-order valence-electron chi connectivity index (χ1n) is 6.35. The average Bonchev–Trinajstić information content (AvgIpc) is 2.37. The molecule has 4 nitrogen and oxygen atoms in total. The molecular weight excluding hydrogens is 240 g/mol. The van der Waals surface area contributed by atoms with Gasteiger partial charge in [0.25, 0.3) is 5.91 Å². The van der Waals surface area contributed by atoms with Crippen LogP contribution in [0.3, 0.4) is 0 Å². The number of hydrogen-bond acceptors (Lipinski definition) is 3. The van der Waals surface area contributed by atoms with Crippen LogP contribution < -0.4 is 4.74 Å². The maximum Gasteiger partial charge on any atom is 0.263 e. The van der Waals surface area contributed by atoms with E-state index in [1.807, 2.05) is 6.07 Å². The molecular formula is C15H20N2O2. The highest BCUT2D eigenvalue weighted by Crippen LogP contribution is 2.14. The van der Waals surface area contributed by atoms with Crippen molar-refractivity contribution in [1.82, 2.24) is 4.90 Å². The number of amides is 1. The highest BCUT2D eigenvalue weighted by atomic mass is 16.5. The highest BCUT2D eigenvalue weighted by Gasteiger charge is 2.19. The molecule has 0 fully saturated rings. The van der Waals surface area contributed by atoms with Crippen LogP contribution in [0.1, 0.15) is 26.3 Å². The zero-order valence-electron chi connectivity index (χ0n) is 11.9. The van der Waals surface area contributed by atoms with Crippen LogP contribution in [0.25, 0.3) is 0 Å². The quantitative estimate of drug-likeness (QED) is 0.817. The lowest BCUT2D eigenvalue weighted by Gasteiger charge is -2.23. The largest absolute Gasteiger partial charge is 0.481 e. The second-order valence-electron chi connectivity index (χ2n) is 5.01. The predicted octanol–water partition coefficient (Wildman–Crippen LogP) is 2.44. The lowest BCUT2D eigenvalue weighted by molar-refractivity contribution is -0.137. The van der Waals surface area contributed by atoms with Gasteiger partial charge in [0.1, 0.15) is 5.75 Å². The Kier molecular flexibility index (Phi) is 5.37. The van der Waals surface area contributed by atoms with Crippen LogP contribution >= 0.6 is 0 Å². The van der Waals surface area contributed by atoms with Crippen LogP contribution in [0.15, 0.2) is 24.3 Å². The number of carbonyl (C=O) groups excluding carboxylic acids is 1. The molecule has 4 heteroatoms. The van der Waals surface area contributed by atoms with E-state index in [0.717, 1.165) is 0 Å². The van der Waals surface area contributed by atoms with E-state index in [4.69, 9.17) is 10.00 Å². The van der Waals surface area contributed by atoms with Crippen molar-refractivity contribution < 1.29 is 9.53 Å². The van der Waals surface area contributed by atoms with Gasteiger partial charge in [-0.1, -0.05) is 13.8 Å². The van der Waals surface area contributed by atoms with Crippen molar-refractivity contribution in [3.8, 4) is 11.8 Å². The first-order chi connectivity index (χ1) is 8.93. The van der Waals surface area contributed by atoms with E-state index in [-0.39, 0.29) is 5.91 Å². The second-order valence-corrected chi connectivity index (χ2v) is 5.01. The Morgan fingerprint density at radius 2 is 1.89 bits per heavy atom. The standard InChI is InChI=1S/C15H20N2O2/c1-11(2)10-17(4)15(18)12(3)19-14-7-5-13(9-16)6-8-14/h5-8,11-12H,10H2,1-4H3. The Balaban J connectivity index is 2.60. The van der Waals surface area contributed by atoms with Crippen LogP contribution in [-0.2, 0) is 4.79 Å². The number of rotatable bonds is 5. The highest BCUT2D eigenvalue weighted by molar-refractivity contribution is 5.80. The lowest BCUT2D eigenvalue weighted by Crippen LogP contribution is -2.39. The molecule has 1 aromatic carbocycles. The van der Waals surface area contributed by atoms with Gasteiger partial charge >= 0.3 is 0 Å². The summed E-state index contributed by atoms with van der Waals surface area (Å²) in [4.78, 5) is 13.7. The summed E-state index contributed by atoms with van der Waals surface area (Å²) in [5.41, 5.74) is 0.572. The van der Waals surface area contributed by atoms with E-state index in [0.29, 0.717) is 23.8 Å². The molecule has 1 atom stereocenters. The van der Waals surface area contributed by atoms with Crippen molar-refractivity contribution >= 4 is 5.91 Å². The third kappa shape index (κ3) is 4.63. The van der Waals surface area contributed by atoms with Crippen molar-refractivity contribution in [3.05, 3.63) is 29.8 Å². The van der Waals surface area contributed by atoms with Crippen LogP contribution in [0.5, 0.6) is 5.75 Å². The molecule has 0 heterocycles. The molecule has 0 aliphatic rings. The topological polar surface area (TPSA) is 53.3 Å². The maximum atomic E-state index is 12.1. The van der Waals surface area contributed by atoms with Gasteiger partial charge in [-0.3, -0.25) is 4.79 Å². The first kappa shape index (κ1) is 15.0. The first-order valence-corrected chi connectivity index (χ1v) is 6.35. The monoisotopic (exact) mass is 260 g/mol. The molecule has 0 aliphatic heterocycles. The van der Waals surface area contributed by atoms with Gasteiger partial charge in [0.15, 0.2) is 6.10 Å². The van der Waals surface area contributed by atoms with Crippen LogP contribution in [0.2, 0.25) is 0 Å². The van der Waals surface area contributed by atoms with E-state index in [2.05, 4.69) is 13.8 Å². The van der Waals surface area contributed by atoms with E-state index in [1.165, 1.54) is 0 Å². The molecule has 0 aliphatic carbocycles. The average molecular weight is 260 g/mol. The number of nitriles is 1. The minimum absolute atomic E-state index is 0.0435. The van der Waals surface area contributed by atoms with Gasteiger partial charge in [-0.25, -0.2) is 0 Å². The molecule has 0 saturated carbocycles. The van der Waals surface area contributed by atoms with Gasteiger partial charge in [0, 0.05) is 13.6 Å². The molecule has 1 rings (SSSR count). The van der Waals surface area contributed by atoms with Crippen molar-refractivity contribution in [2.75, 3.05) is 13.6 Å². The van der Waals surface area contributed by atoms with Crippen LogP contribution in [0, 0.1) is 17.2 Å². The Labute approximate surface area is 114 Å². The summed E-state index contributed by atoms with van der Waals surface area (Å²) >= 11 is 0. The van der Waals surface area contributed by atoms with Crippen molar-refractivity contribution in [2.45, 2.75) is 26.9 Å². The number of benzene rings is 1. The Bertz CT molecular complexity index is 460. The van der Waals surface area contributed by atoms with Gasteiger partial charge in [-0.05, 0) is 37.1 Å². The third-order valence-electron chi connectivity index (χ3n) is 2.66. The molecule has 0 saturated heterocycles. The van der Waals surface area contributed by atoms with Gasteiger partial charge in [-0.15, -0.1) is 0 Å². The summed E-state index contributed by atoms with van der Waals surface area (Å²) in [6.07, 6.45) is -0.531. The fourth-order valence-electron chi connectivity index (χ4n) is 1.81. The summed E-state index contributed by atoms with van der Waals surface area (Å²) in [6, 6.07) is 8.78. The number of hydrogen-bond donors (Lipinski definition) is 0. The summed E-state index contributed by atoms with van der Waals surface area (Å²) in [5.74, 6) is 0.979. The Morgan fingerprint density at radius 3 is 2.37 bits per heavy atom. The summed E-state index contributed by atoms with van der Waals surface area (Å²) < 4.78 is 5.58. The van der Waals surface area contributed by atoms with E-state index in [9.17, 15) is 4.79 Å². The van der Waals surface area contributed by atoms with Crippen molar-refractivity contribution in [2.24, 2.45) is 5.92 Å². The fraction of sp³-hybridized carbons (Fsp3) is 0.467. The molecule has 0 aromatic heterocycles. The number of ether oxygens (including phenoxy) is 1. The van der Waals surface area contributed by atoms with Crippen LogP contribution in [0.4, 0.5) is 0 Å². The molecule has 0 bridgehead atoms. The molecule has 19 heavy (non-hydrogen) atoms. The van der Waals surface area contributed by atoms with Gasteiger partial charge in [0.05, 0.1) is 11.6 Å². The predicted molar refractivity (Wildman–Crippen MR) is 73.7 cm³/mol. The zero-order chi connectivity index (χ0) is 14.4. The van der Waals surface area contributed by atoms with Gasteiger partial charge < -0.3 is 9.64 Å². The molecule has 1 unspecified atom stereocenters. The minimum atomic E-state index is -0.531. The van der Waals surface area contributed by atoms with Crippen molar-refractivity contribution in [3.63, 3.8) is 0 Å². The van der Waals surface area contributed by atoms with Crippen LogP contribution in [-0.4, -0.2) is 30.5 Å². The SMILES string of the molecule is CC(C)CN(C)C(=O)C(C)Oc1ccc(C#N)cc1. The molecule has 1 amide bonds. The van der Waals surface area contributed by atoms with E-state index >= 15 is 0 Å². The fourth-order valence-corrected chi connectivity index (χ4v) is 1.81. The summed E-state index contributed by atoms with van der Waals surface area (Å²) in [6.45, 7) is 6.57.